The van der Waals surface area contributed by atoms with Crippen molar-refractivity contribution in [3.05, 3.63) is 53.6 Å². The Labute approximate surface area is 124 Å². The van der Waals surface area contributed by atoms with Gasteiger partial charge in [-0.05, 0) is 35.7 Å². The predicted octanol–water partition coefficient (Wildman–Crippen LogP) is 2.85. The normalized spacial score (nSPS) is 11.2. The van der Waals surface area contributed by atoms with Gasteiger partial charge in [-0.25, -0.2) is 13.2 Å². The average molecular weight is 304 g/mol. The second kappa shape index (κ2) is 5.69. The molecule has 0 saturated carbocycles. The summed E-state index contributed by atoms with van der Waals surface area (Å²) in [5.74, 6) is -0.546. The van der Waals surface area contributed by atoms with Crippen LogP contribution in [0.5, 0.6) is 0 Å². The maximum atomic E-state index is 11.9. The van der Waals surface area contributed by atoms with Crippen molar-refractivity contribution in [3.63, 3.8) is 0 Å². The number of methoxy groups -OCH3 is 1. The molecule has 0 aromatic heterocycles. The Kier molecular flexibility index (Phi) is 4.14. The van der Waals surface area contributed by atoms with Gasteiger partial charge in [-0.2, -0.15) is 0 Å². The van der Waals surface area contributed by atoms with E-state index in [4.69, 9.17) is 4.74 Å². The van der Waals surface area contributed by atoms with Gasteiger partial charge in [0.15, 0.2) is 9.84 Å². The minimum absolute atomic E-state index is 0.143. The van der Waals surface area contributed by atoms with E-state index in [0.29, 0.717) is 11.1 Å². The van der Waals surface area contributed by atoms with Crippen LogP contribution in [0.3, 0.4) is 0 Å². The molecule has 0 aliphatic carbocycles. The van der Waals surface area contributed by atoms with Gasteiger partial charge in [0.1, 0.15) is 0 Å². The lowest BCUT2D eigenvalue weighted by molar-refractivity contribution is 0.0599. The second-order valence-corrected chi connectivity index (χ2v) is 6.76. The summed E-state index contributed by atoms with van der Waals surface area (Å²) in [6, 6.07) is 12.5. The summed E-state index contributed by atoms with van der Waals surface area (Å²) in [7, 11) is -2.16. The van der Waals surface area contributed by atoms with Gasteiger partial charge in [0.2, 0.25) is 0 Å². The molecular weight excluding hydrogens is 288 g/mol. The second-order valence-electron chi connectivity index (χ2n) is 4.78. The summed E-state index contributed by atoms with van der Waals surface area (Å²) in [6.07, 6.45) is 1.13. The molecule has 0 fully saturated rings. The number of rotatable bonds is 3. The first-order valence-corrected chi connectivity index (χ1v) is 8.22. The first-order valence-electron chi connectivity index (χ1n) is 6.33. The van der Waals surface area contributed by atoms with Crippen molar-refractivity contribution in [2.45, 2.75) is 11.8 Å². The highest BCUT2D eigenvalue weighted by atomic mass is 32.2. The molecule has 2 aromatic carbocycles. The molecule has 0 atom stereocenters. The van der Waals surface area contributed by atoms with Crippen molar-refractivity contribution >= 4 is 15.8 Å². The largest absolute Gasteiger partial charge is 0.465 e. The Morgan fingerprint density at radius 2 is 1.67 bits per heavy atom. The Balaban J connectivity index is 2.77. The molecule has 110 valence electrons. The predicted molar refractivity (Wildman–Crippen MR) is 81.1 cm³/mol. The average Bonchev–Trinajstić information content (AvgIpc) is 2.46. The van der Waals surface area contributed by atoms with Gasteiger partial charge in [0, 0.05) is 6.26 Å². The summed E-state index contributed by atoms with van der Waals surface area (Å²) in [6.45, 7) is 1.61. The number of ether oxygens (including phenoxy) is 1. The zero-order valence-corrected chi connectivity index (χ0v) is 12.9. The van der Waals surface area contributed by atoms with Crippen LogP contribution >= 0.6 is 0 Å². The van der Waals surface area contributed by atoms with Crippen molar-refractivity contribution in [1.82, 2.24) is 0 Å². The number of esters is 1. The zero-order chi connectivity index (χ0) is 15.6. The van der Waals surface area contributed by atoms with Crippen LogP contribution in [-0.4, -0.2) is 27.8 Å². The maximum absolute atomic E-state index is 11.9. The van der Waals surface area contributed by atoms with E-state index >= 15 is 0 Å². The quantitative estimate of drug-likeness (QED) is 0.818. The van der Waals surface area contributed by atoms with Crippen LogP contribution in [-0.2, 0) is 14.6 Å². The summed E-state index contributed by atoms with van der Waals surface area (Å²) in [4.78, 5) is 12.0. The molecule has 2 rings (SSSR count). The molecule has 0 aliphatic heterocycles. The third-order valence-electron chi connectivity index (χ3n) is 3.27. The van der Waals surface area contributed by atoms with E-state index in [9.17, 15) is 13.2 Å². The fourth-order valence-electron chi connectivity index (χ4n) is 2.19. The first-order chi connectivity index (χ1) is 9.84. The third kappa shape index (κ3) is 3.13. The monoisotopic (exact) mass is 304 g/mol. The molecule has 2 aromatic rings. The fraction of sp³-hybridized carbons (Fsp3) is 0.188. The maximum Gasteiger partial charge on any atom is 0.338 e. The van der Waals surface area contributed by atoms with Gasteiger partial charge in [-0.3, -0.25) is 0 Å². The van der Waals surface area contributed by atoms with E-state index in [1.54, 1.807) is 19.1 Å². The number of hydrogen-bond donors (Lipinski definition) is 0. The smallest absolute Gasteiger partial charge is 0.338 e. The topological polar surface area (TPSA) is 60.4 Å². The number of carbonyl (C=O) groups is 1. The third-order valence-corrected chi connectivity index (χ3v) is 4.49. The van der Waals surface area contributed by atoms with Crippen LogP contribution in [0, 0.1) is 6.92 Å². The van der Waals surface area contributed by atoms with E-state index in [1.165, 1.54) is 7.11 Å². The number of carbonyl (C=O) groups excluding carboxylic acids is 1. The van der Waals surface area contributed by atoms with Crippen molar-refractivity contribution < 1.29 is 17.9 Å². The minimum atomic E-state index is -3.44. The standard InChI is InChI=1S/C16H16O4S/c1-11-14(16(17)20-2)9-13(10-15(11)21(3,18)19)12-7-5-4-6-8-12/h4-10H,1-3H3. The molecule has 0 N–H and O–H groups in total. The Bertz CT molecular complexity index is 777. The highest BCUT2D eigenvalue weighted by molar-refractivity contribution is 7.90. The van der Waals surface area contributed by atoms with Crippen LogP contribution in [0.4, 0.5) is 0 Å². The van der Waals surface area contributed by atoms with E-state index in [1.807, 2.05) is 30.3 Å². The Morgan fingerprint density at radius 1 is 1.05 bits per heavy atom. The highest BCUT2D eigenvalue weighted by Gasteiger charge is 2.20. The van der Waals surface area contributed by atoms with E-state index in [-0.39, 0.29) is 10.5 Å². The molecule has 0 saturated heterocycles. The Hall–Kier alpha value is -2.14. The van der Waals surface area contributed by atoms with E-state index in [2.05, 4.69) is 0 Å². The van der Waals surface area contributed by atoms with Crippen LogP contribution in [0.1, 0.15) is 15.9 Å². The number of sulfone groups is 1. The molecular formula is C16H16O4S. The highest BCUT2D eigenvalue weighted by Crippen LogP contribution is 2.28. The van der Waals surface area contributed by atoms with Gasteiger partial charge in [-0.1, -0.05) is 30.3 Å². The van der Waals surface area contributed by atoms with Crippen LogP contribution in [0.15, 0.2) is 47.4 Å². The number of hydrogen-bond acceptors (Lipinski definition) is 4. The molecule has 0 radical (unpaired) electrons. The summed E-state index contributed by atoms with van der Waals surface area (Å²) < 4.78 is 28.6. The lowest BCUT2D eigenvalue weighted by Gasteiger charge is -2.12. The van der Waals surface area contributed by atoms with Gasteiger partial charge < -0.3 is 4.74 Å². The molecule has 0 amide bonds. The SMILES string of the molecule is COC(=O)c1cc(-c2ccccc2)cc(S(C)(=O)=O)c1C. The fourth-order valence-corrected chi connectivity index (χ4v) is 3.20. The van der Waals surface area contributed by atoms with Gasteiger partial charge >= 0.3 is 5.97 Å². The number of benzene rings is 2. The summed E-state index contributed by atoms with van der Waals surface area (Å²) >= 11 is 0. The lowest BCUT2D eigenvalue weighted by atomic mass is 9.99. The molecule has 5 heteroatoms. The van der Waals surface area contributed by atoms with Crippen LogP contribution in [0.2, 0.25) is 0 Å². The molecule has 0 aliphatic rings. The van der Waals surface area contributed by atoms with Crippen LogP contribution in [0.25, 0.3) is 11.1 Å². The van der Waals surface area contributed by atoms with Crippen molar-refractivity contribution in [2.75, 3.05) is 13.4 Å². The van der Waals surface area contributed by atoms with E-state index < -0.39 is 15.8 Å². The molecule has 0 heterocycles. The first kappa shape index (κ1) is 15.3. The molecule has 4 nitrogen and oxygen atoms in total. The minimum Gasteiger partial charge on any atom is -0.465 e. The van der Waals surface area contributed by atoms with E-state index in [0.717, 1.165) is 11.8 Å². The molecule has 0 unspecified atom stereocenters. The van der Waals surface area contributed by atoms with Gasteiger partial charge in [-0.15, -0.1) is 0 Å². The summed E-state index contributed by atoms with van der Waals surface area (Å²) in [5.41, 5.74) is 2.18. The molecule has 0 spiro atoms. The zero-order valence-electron chi connectivity index (χ0n) is 12.1. The summed E-state index contributed by atoms with van der Waals surface area (Å²) in [5, 5.41) is 0. The van der Waals surface area contributed by atoms with Crippen molar-refractivity contribution in [2.24, 2.45) is 0 Å². The Morgan fingerprint density at radius 3 is 2.19 bits per heavy atom. The lowest BCUT2D eigenvalue weighted by Crippen LogP contribution is -2.09. The molecule has 21 heavy (non-hydrogen) atoms. The van der Waals surface area contributed by atoms with Crippen molar-refractivity contribution in [3.8, 4) is 11.1 Å². The van der Waals surface area contributed by atoms with Crippen molar-refractivity contribution in [1.29, 1.82) is 0 Å². The van der Waals surface area contributed by atoms with Gasteiger partial charge in [0.05, 0.1) is 17.6 Å². The molecule has 0 bridgehead atoms. The van der Waals surface area contributed by atoms with Gasteiger partial charge in [0.25, 0.3) is 0 Å². The van der Waals surface area contributed by atoms with Crippen LogP contribution < -0.4 is 0 Å².